The first kappa shape index (κ1) is 61.4. The molecule has 3 aliphatic heterocycles. The van der Waals surface area contributed by atoms with Crippen LogP contribution in [0.3, 0.4) is 0 Å². The quantitative estimate of drug-likeness (QED) is 0.0325. The summed E-state index contributed by atoms with van der Waals surface area (Å²) >= 11 is 0. The highest BCUT2D eigenvalue weighted by Crippen LogP contribution is 2.34. The molecule has 4 amide bonds. The highest BCUT2D eigenvalue weighted by Gasteiger charge is 2.54. The Balaban J connectivity index is 1.12. The van der Waals surface area contributed by atoms with Gasteiger partial charge in [0.05, 0.1) is 6.04 Å². The monoisotopic (exact) mass is 1110 g/mol. The molecular formula is C52H75N11O16. The second-order valence-electron chi connectivity index (χ2n) is 20.2. The maximum atomic E-state index is 14.3. The van der Waals surface area contributed by atoms with Crippen LogP contribution in [0.5, 0.6) is 0 Å². The topological polar surface area (TPSA) is 426 Å². The number of carboxylic acid groups (broad SMARTS) is 2. The van der Waals surface area contributed by atoms with Gasteiger partial charge in [0.1, 0.15) is 66.9 Å². The van der Waals surface area contributed by atoms with Crippen molar-refractivity contribution in [2.75, 3.05) is 26.2 Å². The molecule has 3 aromatic rings. The third kappa shape index (κ3) is 16.9. The molecule has 27 nitrogen and oxygen atoms in total. The number of carbonyl (C=O) groups excluding carboxylic acids is 3. The number of aliphatic hydroxyl groups is 4. The molecule has 0 bridgehead atoms. The summed E-state index contributed by atoms with van der Waals surface area (Å²) in [5.41, 5.74) is 13.3. The zero-order valence-electron chi connectivity index (χ0n) is 44.0. The minimum absolute atomic E-state index is 0.0110. The van der Waals surface area contributed by atoms with Crippen LogP contribution < -0.4 is 54.6 Å². The van der Waals surface area contributed by atoms with E-state index in [0.717, 1.165) is 53.6 Å². The van der Waals surface area contributed by atoms with Crippen molar-refractivity contribution in [2.45, 2.75) is 157 Å². The first-order valence-electron chi connectivity index (χ1n) is 26.5. The van der Waals surface area contributed by atoms with Crippen molar-refractivity contribution in [3.63, 3.8) is 0 Å². The number of hydrogen-bond acceptors (Lipinski definition) is 19. The molecule has 0 radical (unpaired) electrons. The number of aryl methyl sites for hydroxylation is 1. The highest BCUT2D eigenvalue weighted by atomic mass is 16.7. The van der Waals surface area contributed by atoms with Crippen LogP contribution in [-0.2, 0) is 39.8 Å². The van der Waals surface area contributed by atoms with Crippen molar-refractivity contribution in [1.82, 2.24) is 41.5 Å². The van der Waals surface area contributed by atoms with Gasteiger partial charge in [0, 0.05) is 31.9 Å². The summed E-state index contributed by atoms with van der Waals surface area (Å²) < 4.78 is 18.1. The number of aromatic amines is 1. The Kier molecular flexibility index (Phi) is 22.9. The fourth-order valence-electron chi connectivity index (χ4n) is 9.66. The molecule has 2 aromatic carbocycles. The largest absolute Gasteiger partial charge is 0.480 e. The smallest absolute Gasteiger partial charge is 0.330 e. The number of aliphatic carboxylic acids is 2. The minimum atomic E-state index is -1.94. The number of unbranched alkanes of at least 4 members (excludes halogenated alkanes) is 4. The maximum absolute atomic E-state index is 14.3. The van der Waals surface area contributed by atoms with Crippen LogP contribution in [0.2, 0.25) is 0 Å². The van der Waals surface area contributed by atoms with Crippen molar-refractivity contribution < 1.29 is 68.8 Å². The predicted octanol–water partition coefficient (Wildman–Crippen LogP) is -2.32. The molecule has 14 atom stereocenters. The van der Waals surface area contributed by atoms with Crippen molar-refractivity contribution in [3.8, 4) is 11.1 Å². The number of nitrogens with zero attached hydrogens (tertiary/aromatic N) is 2. The molecule has 6 rings (SSSR count). The van der Waals surface area contributed by atoms with Gasteiger partial charge in [-0.05, 0) is 61.3 Å². The molecule has 0 spiro atoms. The van der Waals surface area contributed by atoms with E-state index in [9.17, 15) is 64.2 Å². The van der Waals surface area contributed by atoms with Gasteiger partial charge >= 0.3 is 23.7 Å². The van der Waals surface area contributed by atoms with E-state index >= 15 is 0 Å². The molecule has 79 heavy (non-hydrogen) atoms. The van der Waals surface area contributed by atoms with E-state index in [2.05, 4.69) is 73.3 Å². The number of nitrogens with two attached hydrogens (primary N) is 2. The average Bonchev–Trinajstić information content (AvgIpc) is 3.93. The van der Waals surface area contributed by atoms with E-state index in [-0.39, 0.29) is 51.4 Å². The van der Waals surface area contributed by atoms with E-state index in [4.69, 9.17) is 25.7 Å². The number of urea groups is 1. The summed E-state index contributed by atoms with van der Waals surface area (Å²) in [6, 6.07) is 12.1. The molecule has 2 fully saturated rings. The number of benzene rings is 2. The third-order valence-electron chi connectivity index (χ3n) is 14.1. The summed E-state index contributed by atoms with van der Waals surface area (Å²) in [6.45, 7) is 2.88. The van der Waals surface area contributed by atoms with Crippen LogP contribution in [0.25, 0.3) is 11.1 Å². The number of nitrogens with one attached hydrogen (secondary N) is 7. The first-order valence-corrected chi connectivity index (χ1v) is 26.5. The molecule has 2 saturated heterocycles. The van der Waals surface area contributed by atoms with Crippen LogP contribution in [0.1, 0.15) is 77.0 Å². The maximum Gasteiger partial charge on any atom is 0.330 e. The zero-order valence-corrected chi connectivity index (χ0v) is 44.0. The Labute approximate surface area is 454 Å². The lowest BCUT2D eigenvalue weighted by Gasteiger charge is -2.33. The number of aliphatic hydroxyl groups excluding tert-OH is 4. The lowest BCUT2D eigenvalue weighted by Crippen LogP contribution is -2.64. The molecule has 434 valence electrons. The number of ether oxygens (including phenoxy) is 3. The molecule has 1 aromatic heterocycles. The SMILES string of the molecule is CC(C)[C@H](NC(=O)N[C@H](C(=O)N[C@H](CCCCCCCc1ccc(-c2ccccc2)cc1)C(=O)NCCCNC(C(=O)O)[C@H](O[C@@H]1O[C@H](CN)[C@@H](O)[C@H]1O)[C@H]1O[C@@H](n2ccc(=O)[nH]c2=O)[C@H](O)[C@@H]1O)[C@@H]1CCN=C(N)N1)C(=O)O. The van der Waals surface area contributed by atoms with Crippen LogP contribution in [0.4, 0.5) is 4.79 Å². The van der Waals surface area contributed by atoms with E-state index in [1.807, 2.05) is 23.2 Å². The van der Waals surface area contributed by atoms with Gasteiger partial charge in [0.2, 0.25) is 11.8 Å². The van der Waals surface area contributed by atoms with Crippen molar-refractivity contribution in [3.05, 3.63) is 93.3 Å². The van der Waals surface area contributed by atoms with Gasteiger partial charge in [-0.2, -0.15) is 0 Å². The second kappa shape index (κ2) is 29.4. The Morgan fingerprint density at radius 1 is 0.785 bits per heavy atom. The number of amides is 4. The van der Waals surface area contributed by atoms with E-state index in [0.29, 0.717) is 12.8 Å². The average molecular weight is 1110 g/mol. The molecule has 27 heteroatoms. The van der Waals surface area contributed by atoms with Crippen LogP contribution >= 0.6 is 0 Å². The first-order chi connectivity index (χ1) is 37.8. The number of carbonyl (C=O) groups is 5. The number of hydrogen-bond donors (Lipinski definition) is 15. The summed E-state index contributed by atoms with van der Waals surface area (Å²) in [4.78, 5) is 97.1. The summed E-state index contributed by atoms with van der Waals surface area (Å²) in [5.74, 6) is -4.75. The molecule has 17 N–H and O–H groups in total. The summed E-state index contributed by atoms with van der Waals surface area (Å²) in [7, 11) is 0. The molecule has 4 heterocycles. The fourth-order valence-corrected chi connectivity index (χ4v) is 9.66. The van der Waals surface area contributed by atoms with Crippen LogP contribution in [-0.4, -0.2) is 181 Å². The lowest BCUT2D eigenvalue weighted by molar-refractivity contribution is -0.228. The van der Waals surface area contributed by atoms with E-state index < -0.39 is 132 Å². The van der Waals surface area contributed by atoms with Gasteiger partial charge < -0.3 is 88.2 Å². The van der Waals surface area contributed by atoms with Gasteiger partial charge in [0.25, 0.3) is 5.56 Å². The molecular weight excluding hydrogens is 1030 g/mol. The van der Waals surface area contributed by atoms with Gasteiger partial charge in [-0.25, -0.2) is 14.4 Å². The number of aromatic nitrogens is 2. The van der Waals surface area contributed by atoms with Crippen LogP contribution in [0.15, 0.2) is 81.4 Å². The number of rotatable bonds is 29. The fraction of sp³-hybridized carbons (Fsp3) is 0.577. The van der Waals surface area contributed by atoms with E-state index in [1.165, 1.54) is 5.56 Å². The molecule has 0 aliphatic carbocycles. The van der Waals surface area contributed by atoms with Crippen LogP contribution in [0, 0.1) is 5.92 Å². The summed E-state index contributed by atoms with van der Waals surface area (Å²) in [5, 5.41) is 80.1. The van der Waals surface area contributed by atoms with Gasteiger partial charge in [-0.15, -0.1) is 0 Å². The van der Waals surface area contributed by atoms with Gasteiger partial charge in [-0.3, -0.25) is 33.7 Å². The van der Waals surface area contributed by atoms with Crippen molar-refractivity contribution >= 4 is 35.7 Å². The van der Waals surface area contributed by atoms with Gasteiger partial charge in [-0.1, -0.05) is 94.1 Å². The zero-order chi connectivity index (χ0) is 57.3. The summed E-state index contributed by atoms with van der Waals surface area (Å²) in [6.07, 6.45) is -9.07. The Bertz CT molecular complexity index is 2640. The number of H-pyrrole nitrogens is 1. The Hall–Kier alpha value is -6.82. The van der Waals surface area contributed by atoms with Crippen molar-refractivity contribution in [1.29, 1.82) is 0 Å². The molecule has 3 aliphatic rings. The Morgan fingerprint density at radius 2 is 1.47 bits per heavy atom. The highest BCUT2D eigenvalue weighted by molar-refractivity contribution is 5.93. The minimum Gasteiger partial charge on any atom is -0.480 e. The molecule has 1 unspecified atom stereocenters. The second-order valence-corrected chi connectivity index (χ2v) is 20.2. The predicted molar refractivity (Wildman–Crippen MR) is 284 cm³/mol. The lowest BCUT2D eigenvalue weighted by atomic mass is 9.98. The number of guanidine groups is 1. The number of carboxylic acids is 2. The third-order valence-corrected chi connectivity index (χ3v) is 14.1. The van der Waals surface area contributed by atoms with E-state index in [1.54, 1.807) is 13.8 Å². The van der Waals surface area contributed by atoms with Crippen molar-refractivity contribution in [2.24, 2.45) is 22.4 Å². The standard InChI is InChI=1S/C52H75N11O16/c1-27(2)35(47(71)72)61-51(75)62-36(31-20-24-57-50(54)59-31)45(70)58-32(15-10-5-3-4-7-12-28-16-18-30(19-17-28)29-13-8-6-9-14-29)44(69)56-23-11-22-55-37(48(73)74)42(79-49-41(68)38(65)33(26-53)77-49)43-39(66)40(67)46(78-43)63-25-21-34(64)60-52(63)76/h6,8-9,13-14,16-19,21,25,27,31-33,35-43,46,49,55,65-68H,3-5,7,10-12,15,20,22-24,26,53H2,1-2H3,(H,56,69)(H,58,70)(H,71,72)(H,73,74)(H3,54,57,59)(H,60,64,76)(H2,61,62,75)/t31-,32+,33+,35-,36-,37?,38+,39-,40+,41+,42-,43-,46+,49-/m0/s1. The number of aliphatic imine (C=N–C) groups is 1. The normalized spacial score (nSPS) is 24.8. The Morgan fingerprint density at radius 3 is 2.11 bits per heavy atom. The molecule has 0 saturated carbocycles. The van der Waals surface area contributed by atoms with Gasteiger partial charge in [0.15, 0.2) is 18.5 Å².